The number of rotatable bonds is 7. The van der Waals surface area contributed by atoms with Crippen molar-refractivity contribution in [2.24, 2.45) is 11.8 Å². The third kappa shape index (κ3) is 6.44. The summed E-state index contributed by atoms with van der Waals surface area (Å²) in [5.74, 6) is 1.26. The molecular formula is C15H25NO. The molecule has 0 unspecified atom stereocenters. The highest BCUT2D eigenvalue weighted by atomic mass is 16.7. The van der Waals surface area contributed by atoms with Crippen LogP contribution in [0.25, 0.3) is 0 Å². The van der Waals surface area contributed by atoms with Gasteiger partial charge in [-0.1, -0.05) is 58.0 Å². The predicted octanol–water partition coefficient (Wildman–Crippen LogP) is 3.73. The Bertz CT molecular complexity index is 285. The topological polar surface area (TPSA) is 12.5 Å². The molecule has 2 nitrogen and oxygen atoms in total. The molecule has 0 atom stereocenters. The summed E-state index contributed by atoms with van der Waals surface area (Å²) in [5.41, 5.74) is 1.23. The van der Waals surface area contributed by atoms with Crippen LogP contribution in [0.4, 0.5) is 0 Å². The first-order chi connectivity index (χ1) is 8.08. The van der Waals surface area contributed by atoms with E-state index in [-0.39, 0.29) is 0 Å². The molecule has 0 saturated carbocycles. The minimum absolute atomic E-state index is 0.629. The second-order valence-corrected chi connectivity index (χ2v) is 5.39. The molecule has 1 aromatic carbocycles. The number of benzene rings is 1. The molecule has 0 spiro atoms. The molecule has 17 heavy (non-hydrogen) atoms. The van der Waals surface area contributed by atoms with Gasteiger partial charge < -0.3 is 0 Å². The molecule has 0 radical (unpaired) electrons. The van der Waals surface area contributed by atoms with Gasteiger partial charge in [0.15, 0.2) is 0 Å². The largest absolute Gasteiger partial charge is 0.294 e. The standard InChI is InChI=1S/C15H25NO/c1-13(2)10-16(11-14(3)4)17-12-15-8-6-5-7-9-15/h5-9,13-14H,10-12H2,1-4H3. The molecular weight excluding hydrogens is 210 g/mol. The number of hydrogen-bond donors (Lipinski definition) is 0. The van der Waals surface area contributed by atoms with Crippen molar-refractivity contribution >= 4 is 0 Å². The van der Waals surface area contributed by atoms with Gasteiger partial charge in [0.25, 0.3) is 0 Å². The maximum atomic E-state index is 5.88. The van der Waals surface area contributed by atoms with E-state index in [0.29, 0.717) is 18.4 Å². The summed E-state index contributed by atoms with van der Waals surface area (Å²) in [6.45, 7) is 11.5. The van der Waals surface area contributed by atoms with Crippen molar-refractivity contribution in [2.75, 3.05) is 13.1 Å². The van der Waals surface area contributed by atoms with Gasteiger partial charge in [0, 0.05) is 13.1 Å². The molecule has 0 amide bonds. The minimum atomic E-state index is 0.629. The van der Waals surface area contributed by atoms with Crippen molar-refractivity contribution in [2.45, 2.75) is 34.3 Å². The van der Waals surface area contributed by atoms with Gasteiger partial charge in [-0.3, -0.25) is 4.84 Å². The highest BCUT2D eigenvalue weighted by molar-refractivity contribution is 5.13. The van der Waals surface area contributed by atoms with Crippen LogP contribution in [0.15, 0.2) is 30.3 Å². The van der Waals surface area contributed by atoms with Gasteiger partial charge in [-0.2, -0.15) is 5.06 Å². The Morgan fingerprint density at radius 2 is 1.47 bits per heavy atom. The van der Waals surface area contributed by atoms with E-state index in [1.165, 1.54) is 5.56 Å². The van der Waals surface area contributed by atoms with Crippen molar-refractivity contribution in [3.63, 3.8) is 0 Å². The predicted molar refractivity (Wildman–Crippen MR) is 72.5 cm³/mol. The zero-order valence-corrected chi connectivity index (χ0v) is 11.5. The van der Waals surface area contributed by atoms with E-state index in [0.717, 1.165) is 13.1 Å². The van der Waals surface area contributed by atoms with E-state index in [9.17, 15) is 0 Å². The van der Waals surface area contributed by atoms with Crippen LogP contribution in [0.1, 0.15) is 33.3 Å². The van der Waals surface area contributed by atoms with Crippen LogP contribution in [0.3, 0.4) is 0 Å². The van der Waals surface area contributed by atoms with E-state index in [1.807, 2.05) is 18.2 Å². The van der Waals surface area contributed by atoms with E-state index in [4.69, 9.17) is 4.84 Å². The first kappa shape index (κ1) is 14.2. The molecule has 0 aromatic heterocycles. The fourth-order valence-corrected chi connectivity index (χ4v) is 1.73. The number of hydrogen-bond acceptors (Lipinski definition) is 2. The number of nitrogens with zero attached hydrogens (tertiary/aromatic N) is 1. The van der Waals surface area contributed by atoms with E-state index < -0.39 is 0 Å². The SMILES string of the molecule is CC(C)CN(CC(C)C)OCc1ccccc1. The fourth-order valence-electron chi connectivity index (χ4n) is 1.73. The summed E-state index contributed by atoms with van der Waals surface area (Å²) in [7, 11) is 0. The Morgan fingerprint density at radius 1 is 0.941 bits per heavy atom. The molecule has 1 rings (SSSR count). The second kappa shape index (κ2) is 7.46. The van der Waals surface area contributed by atoms with Crippen LogP contribution in [-0.2, 0) is 11.4 Å². The molecule has 0 bridgehead atoms. The van der Waals surface area contributed by atoms with E-state index in [1.54, 1.807) is 0 Å². The van der Waals surface area contributed by atoms with Crippen molar-refractivity contribution in [3.8, 4) is 0 Å². The first-order valence-corrected chi connectivity index (χ1v) is 6.49. The molecule has 0 heterocycles. The van der Waals surface area contributed by atoms with Crippen LogP contribution < -0.4 is 0 Å². The van der Waals surface area contributed by atoms with Gasteiger partial charge >= 0.3 is 0 Å². The molecule has 0 aliphatic rings. The van der Waals surface area contributed by atoms with Crippen LogP contribution in [0.2, 0.25) is 0 Å². The maximum absolute atomic E-state index is 5.88. The van der Waals surface area contributed by atoms with Crippen molar-refractivity contribution in [1.29, 1.82) is 0 Å². The van der Waals surface area contributed by atoms with Crippen LogP contribution in [-0.4, -0.2) is 18.2 Å². The van der Waals surface area contributed by atoms with Gasteiger partial charge in [-0.05, 0) is 17.4 Å². The summed E-state index contributed by atoms with van der Waals surface area (Å²) < 4.78 is 0. The summed E-state index contributed by atoms with van der Waals surface area (Å²) in [6, 6.07) is 10.3. The molecule has 0 aliphatic heterocycles. The summed E-state index contributed by atoms with van der Waals surface area (Å²) in [5, 5.41) is 2.10. The lowest BCUT2D eigenvalue weighted by Crippen LogP contribution is -2.31. The van der Waals surface area contributed by atoms with Crippen molar-refractivity contribution < 1.29 is 4.84 Å². The highest BCUT2D eigenvalue weighted by Crippen LogP contribution is 2.08. The maximum Gasteiger partial charge on any atom is 0.0935 e. The number of hydroxylamine groups is 2. The van der Waals surface area contributed by atoms with E-state index >= 15 is 0 Å². The molecule has 2 heteroatoms. The van der Waals surface area contributed by atoms with Crippen molar-refractivity contribution in [1.82, 2.24) is 5.06 Å². The van der Waals surface area contributed by atoms with Gasteiger partial charge in [-0.15, -0.1) is 0 Å². The lowest BCUT2D eigenvalue weighted by Gasteiger charge is -2.25. The molecule has 1 aromatic rings. The Kier molecular flexibility index (Phi) is 6.23. The normalized spacial score (nSPS) is 11.7. The zero-order chi connectivity index (χ0) is 12.7. The van der Waals surface area contributed by atoms with Gasteiger partial charge in [-0.25, -0.2) is 0 Å². The lowest BCUT2D eigenvalue weighted by atomic mass is 10.2. The molecule has 0 fully saturated rings. The van der Waals surface area contributed by atoms with Crippen LogP contribution >= 0.6 is 0 Å². The Balaban J connectivity index is 2.43. The zero-order valence-electron chi connectivity index (χ0n) is 11.5. The molecule has 96 valence electrons. The van der Waals surface area contributed by atoms with Gasteiger partial charge in [0.1, 0.15) is 0 Å². The smallest absolute Gasteiger partial charge is 0.0935 e. The second-order valence-electron chi connectivity index (χ2n) is 5.39. The summed E-state index contributed by atoms with van der Waals surface area (Å²) >= 11 is 0. The Labute approximate surface area is 106 Å². The fraction of sp³-hybridized carbons (Fsp3) is 0.600. The lowest BCUT2D eigenvalue weighted by molar-refractivity contribution is -0.180. The summed E-state index contributed by atoms with van der Waals surface area (Å²) in [4.78, 5) is 5.88. The Morgan fingerprint density at radius 3 is 1.94 bits per heavy atom. The van der Waals surface area contributed by atoms with Crippen molar-refractivity contribution in [3.05, 3.63) is 35.9 Å². The average Bonchev–Trinajstić information content (AvgIpc) is 2.26. The van der Waals surface area contributed by atoms with E-state index in [2.05, 4.69) is 44.9 Å². The third-order valence-electron chi connectivity index (χ3n) is 2.39. The molecule has 0 saturated heterocycles. The van der Waals surface area contributed by atoms with Crippen LogP contribution in [0, 0.1) is 11.8 Å². The summed E-state index contributed by atoms with van der Waals surface area (Å²) in [6.07, 6.45) is 0. The molecule has 0 aliphatic carbocycles. The third-order valence-corrected chi connectivity index (χ3v) is 2.39. The van der Waals surface area contributed by atoms with Crippen LogP contribution in [0.5, 0.6) is 0 Å². The monoisotopic (exact) mass is 235 g/mol. The first-order valence-electron chi connectivity index (χ1n) is 6.49. The minimum Gasteiger partial charge on any atom is -0.294 e. The van der Waals surface area contributed by atoms with Gasteiger partial charge in [0.05, 0.1) is 6.61 Å². The van der Waals surface area contributed by atoms with Gasteiger partial charge in [0.2, 0.25) is 0 Å². The Hall–Kier alpha value is -0.860. The highest BCUT2D eigenvalue weighted by Gasteiger charge is 2.10. The molecule has 0 N–H and O–H groups in total. The average molecular weight is 235 g/mol. The quantitative estimate of drug-likeness (QED) is 0.668.